The SMILES string of the molecule is Cc1ccccc1C(=O)NN1C[C@@H](C(=O)OCC(=O)Nc2ccccc2C(F)(F)F)CC1=O. The number of esters is 1. The maximum absolute atomic E-state index is 13.0. The second kappa shape index (κ2) is 9.72. The molecule has 174 valence electrons. The van der Waals surface area contributed by atoms with Crippen LogP contribution >= 0.6 is 0 Å². The Morgan fingerprint density at radius 3 is 2.45 bits per heavy atom. The molecule has 1 fully saturated rings. The largest absolute Gasteiger partial charge is 0.455 e. The van der Waals surface area contributed by atoms with Crippen LogP contribution < -0.4 is 10.7 Å². The van der Waals surface area contributed by atoms with Gasteiger partial charge in [0.05, 0.1) is 23.7 Å². The van der Waals surface area contributed by atoms with Crippen LogP contribution in [0.3, 0.4) is 0 Å². The van der Waals surface area contributed by atoms with E-state index < -0.39 is 53.6 Å². The van der Waals surface area contributed by atoms with Crippen LogP contribution in [0.4, 0.5) is 18.9 Å². The number of anilines is 1. The third-order valence-electron chi connectivity index (χ3n) is 4.94. The molecule has 2 N–H and O–H groups in total. The summed E-state index contributed by atoms with van der Waals surface area (Å²) in [5.41, 5.74) is 2.01. The van der Waals surface area contributed by atoms with Gasteiger partial charge in [-0.1, -0.05) is 30.3 Å². The van der Waals surface area contributed by atoms with Crippen LogP contribution in [0.25, 0.3) is 0 Å². The Labute approximate surface area is 186 Å². The minimum Gasteiger partial charge on any atom is -0.455 e. The average Bonchev–Trinajstić information content (AvgIpc) is 3.12. The molecule has 1 atom stereocenters. The molecule has 0 saturated carbocycles. The van der Waals surface area contributed by atoms with Gasteiger partial charge in [0.2, 0.25) is 5.91 Å². The molecule has 0 aromatic heterocycles. The summed E-state index contributed by atoms with van der Waals surface area (Å²) in [6, 6.07) is 11.1. The van der Waals surface area contributed by atoms with Gasteiger partial charge in [0.25, 0.3) is 11.8 Å². The van der Waals surface area contributed by atoms with Gasteiger partial charge in [0.15, 0.2) is 6.61 Å². The number of hydrogen-bond acceptors (Lipinski definition) is 5. The number of nitrogens with one attached hydrogen (secondary N) is 2. The second-order valence-corrected chi connectivity index (χ2v) is 7.36. The van der Waals surface area contributed by atoms with E-state index in [1.807, 2.05) is 0 Å². The molecule has 2 aromatic carbocycles. The van der Waals surface area contributed by atoms with Crippen LogP contribution in [0, 0.1) is 12.8 Å². The van der Waals surface area contributed by atoms with Gasteiger partial charge < -0.3 is 10.1 Å². The van der Waals surface area contributed by atoms with Gasteiger partial charge in [-0.15, -0.1) is 0 Å². The molecule has 0 unspecified atom stereocenters. The summed E-state index contributed by atoms with van der Waals surface area (Å²) in [5.74, 6) is -3.81. The van der Waals surface area contributed by atoms with Crippen molar-refractivity contribution >= 4 is 29.4 Å². The Morgan fingerprint density at radius 1 is 1.09 bits per heavy atom. The Bertz CT molecular complexity index is 1090. The van der Waals surface area contributed by atoms with Crippen molar-refractivity contribution in [2.45, 2.75) is 19.5 Å². The lowest BCUT2D eigenvalue weighted by atomic mass is 10.1. The lowest BCUT2D eigenvalue weighted by molar-refractivity contribution is -0.151. The number of ether oxygens (including phenoxy) is 1. The molecule has 1 saturated heterocycles. The number of amides is 3. The minimum absolute atomic E-state index is 0.159. The summed E-state index contributed by atoms with van der Waals surface area (Å²) >= 11 is 0. The smallest absolute Gasteiger partial charge is 0.418 e. The lowest BCUT2D eigenvalue weighted by Gasteiger charge is -2.18. The minimum atomic E-state index is -4.67. The third-order valence-corrected chi connectivity index (χ3v) is 4.94. The van der Waals surface area contributed by atoms with E-state index in [1.54, 1.807) is 31.2 Å². The van der Waals surface area contributed by atoms with Gasteiger partial charge in [0, 0.05) is 12.0 Å². The van der Waals surface area contributed by atoms with Gasteiger partial charge in [-0.25, -0.2) is 0 Å². The fourth-order valence-electron chi connectivity index (χ4n) is 3.26. The summed E-state index contributed by atoms with van der Waals surface area (Å²) in [5, 5.41) is 3.06. The molecule has 0 radical (unpaired) electrons. The first-order chi connectivity index (χ1) is 15.6. The number of para-hydroxylation sites is 1. The predicted molar refractivity (Wildman–Crippen MR) is 109 cm³/mol. The first kappa shape index (κ1) is 23.8. The highest BCUT2D eigenvalue weighted by molar-refractivity contribution is 5.98. The zero-order chi connectivity index (χ0) is 24.2. The zero-order valence-electron chi connectivity index (χ0n) is 17.4. The maximum Gasteiger partial charge on any atom is 0.418 e. The van der Waals surface area contributed by atoms with Gasteiger partial charge in [-0.05, 0) is 30.7 Å². The van der Waals surface area contributed by atoms with Gasteiger partial charge in [-0.2, -0.15) is 13.2 Å². The van der Waals surface area contributed by atoms with E-state index in [0.717, 1.165) is 17.1 Å². The number of benzene rings is 2. The highest BCUT2D eigenvalue weighted by Gasteiger charge is 2.37. The van der Waals surface area contributed by atoms with Crippen molar-refractivity contribution in [1.82, 2.24) is 10.4 Å². The van der Waals surface area contributed by atoms with Crippen LogP contribution in [-0.2, 0) is 25.3 Å². The summed E-state index contributed by atoms with van der Waals surface area (Å²) < 4.78 is 43.9. The number of rotatable bonds is 6. The molecule has 3 rings (SSSR count). The van der Waals surface area contributed by atoms with E-state index >= 15 is 0 Å². The average molecular weight is 463 g/mol. The number of halogens is 3. The molecule has 1 heterocycles. The summed E-state index contributed by atoms with van der Waals surface area (Å²) in [6.07, 6.45) is -4.91. The first-order valence-electron chi connectivity index (χ1n) is 9.86. The predicted octanol–water partition coefficient (Wildman–Crippen LogP) is 2.69. The molecule has 1 aliphatic heterocycles. The summed E-state index contributed by atoms with van der Waals surface area (Å²) in [7, 11) is 0. The number of alkyl halides is 3. The van der Waals surface area contributed by atoms with Crippen LogP contribution in [0.1, 0.15) is 27.9 Å². The number of nitrogens with zero attached hydrogens (tertiary/aromatic N) is 1. The van der Waals surface area contributed by atoms with Crippen molar-refractivity contribution in [2.75, 3.05) is 18.5 Å². The lowest BCUT2D eigenvalue weighted by Crippen LogP contribution is -2.43. The van der Waals surface area contributed by atoms with Crippen LogP contribution in [0.2, 0.25) is 0 Å². The number of carbonyl (C=O) groups is 4. The van der Waals surface area contributed by atoms with E-state index in [1.165, 1.54) is 12.1 Å². The van der Waals surface area contributed by atoms with E-state index in [4.69, 9.17) is 4.74 Å². The topological polar surface area (TPSA) is 105 Å². The Hall–Kier alpha value is -3.89. The van der Waals surface area contributed by atoms with Crippen molar-refractivity contribution in [2.24, 2.45) is 5.92 Å². The standard InChI is InChI=1S/C22H20F3N3O5/c1-13-6-2-3-7-15(13)20(31)27-28-11-14(10-19(28)30)21(32)33-12-18(29)26-17-9-5-4-8-16(17)22(23,24)25/h2-9,14H,10-12H2,1H3,(H,26,29)(H,27,31)/t14-/m0/s1. The van der Waals surface area contributed by atoms with Crippen molar-refractivity contribution < 1.29 is 37.1 Å². The number of carbonyl (C=O) groups excluding carboxylic acids is 4. The van der Waals surface area contributed by atoms with Crippen molar-refractivity contribution in [3.63, 3.8) is 0 Å². The molecule has 0 aliphatic carbocycles. The van der Waals surface area contributed by atoms with Crippen molar-refractivity contribution in [3.05, 3.63) is 65.2 Å². The second-order valence-electron chi connectivity index (χ2n) is 7.36. The van der Waals surface area contributed by atoms with E-state index in [-0.39, 0.29) is 13.0 Å². The van der Waals surface area contributed by atoms with E-state index in [2.05, 4.69) is 10.7 Å². The number of aryl methyl sites for hydroxylation is 1. The van der Waals surface area contributed by atoms with E-state index in [0.29, 0.717) is 11.1 Å². The first-order valence-corrected chi connectivity index (χ1v) is 9.86. The molecule has 1 aliphatic rings. The van der Waals surface area contributed by atoms with Crippen molar-refractivity contribution in [3.8, 4) is 0 Å². The van der Waals surface area contributed by atoms with Crippen molar-refractivity contribution in [1.29, 1.82) is 0 Å². The molecule has 11 heteroatoms. The summed E-state index contributed by atoms with van der Waals surface area (Å²) in [6.45, 7) is 0.748. The highest BCUT2D eigenvalue weighted by atomic mass is 19.4. The molecule has 8 nitrogen and oxygen atoms in total. The summed E-state index contributed by atoms with van der Waals surface area (Å²) in [4.78, 5) is 48.8. The number of hydrogen-bond donors (Lipinski definition) is 2. The van der Waals surface area contributed by atoms with Crippen LogP contribution in [0.5, 0.6) is 0 Å². The normalized spacial score (nSPS) is 15.8. The van der Waals surface area contributed by atoms with Gasteiger partial charge in [0.1, 0.15) is 0 Å². The molecule has 2 aromatic rings. The number of hydrazine groups is 1. The quantitative estimate of drug-likeness (QED) is 0.641. The molecule has 3 amide bonds. The van der Waals surface area contributed by atoms with E-state index in [9.17, 15) is 32.3 Å². The third kappa shape index (κ3) is 5.88. The highest BCUT2D eigenvalue weighted by Crippen LogP contribution is 2.34. The maximum atomic E-state index is 13.0. The van der Waals surface area contributed by atoms with Crippen LogP contribution in [0.15, 0.2) is 48.5 Å². The Balaban J connectivity index is 1.52. The fourth-order valence-corrected chi connectivity index (χ4v) is 3.26. The molecule has 0 bridgehead atoms. The van der Waals surface area contributed by atoms with Crippen LogP contribution in [-0.4, -0.2) is 41.9 Å². The Morgan fingerprint density at radius 2 is 1.76 bits per heavy atom. The molecular weight excluding hydrogens is 443 g/mol. The van der Waals surface area contributed by atoms with Gasteiger partial charge in [-0.3, -0.25) is 29.6 Å². The Kier molecular flexibility index (Phi) is 7.00. The molecular formula is C22H20F3N3O5. The fraction of sp³-hybridized carbons (Fsp3) is 0.273. The molecule has 0 spiro atoms. The monoisotopic (exact) mass is 463 g/mol. The molecule has 33 heavy (non-hydrogen) atoms. The van der Waals surface area contributed by atoms with Gasteiger partial charge >= 0.3 is 12.1 Å². The zero-order valence-corrected chi connectivity index (χ0v) is 17.4.